The molecule has 0 radical (unpaired) electrons. The smallest absolute Gasteiger partial charge is 0.241 e. The van der Waals surface area contributed by atoms with Gasteiger partial charge in [-0.15, -0.1) is 0 Å². The number of carbonyl (C=O) groups excluding carboxylic acids is 1. The molecule has 3 N–H and O–H groups in total. The van der Waals surface area contributed by atoms with Crippen molar-refractivity contribution in [3.05, 3.63) is 161 Å². The third kappa shape index (κ3) is 11.3. The summed E-state index contributed by atoms with van der Waals surface area (Å²) in [7, 11) is -3.95. The summed E-state index contributed by atoms with van der Waals surface area (Å²) in [5, 5.41) is 12.6. The highest BCUT2D eigenvalue weighted by Crippen LogP contribution is 2.39. The summed E-state index contributed by atoms with van der Waals surface area (Å²) in [5.41, 5.74) is 7.57. The molecule has 0 unspecified atom stereocenters. The first-order valence-electron chi connectivity index (χ1n) is 20.6. The van der Waals surface area contributed by atoms with Gasteiger partial charge in [-0.2, -0.15) is 4.72 Å². The van der Waals surface area contributed by atoms with Crippen LogP contribution in [0.5, 0.6) is 0 Å². The molecule has 9 nitrogen and oxygen atoms in total. The van der Waals surface area contributed by atoms with Crippen LogP contribution in [0.2, 0.25) is 0 Å². The van der Waals surface area contributed by atoms with Crippen LogP contribution in [0.3, 0.4) is 0 Å². The van der Waals surface area contributed by atoms with Gasteiger partial charge in [-0.25, -0.2) is 8.42 Å². The van der Waals surface area contributed by atoms with E-state index in [4.69, 9.17) is 9.47 Å². The number of aryl methyl sites for hydroxylation is 1. The molecule has 304 valence electrons. The number of hydrogen-bond donors (Lipinski definition) is 3. The SMILES string of the molecule is Cc1ccc(S(=O)(=O)N[C@H](Cc2ccccc2)C(=O)NCc2cccc(-c3ccc([C@@H]4O[C@H](CN5CCCCCCC5)C[C@H](c5ccc(CO)cc5)O4)cc3)c2)cc1. The van der Waals surface area contributed by atoms with E-state index in [9.17, 15) is 18.3 Å². The third-order valence-electron chi connectivity index (χ3n) is 11.2. The van der Waals surface area contributed by atoms with Crippen molar-refractivity contribution < 1.29 is 27.8 Å². The van der Waals surface area contributed by atoms with Crippen LogP contribution in [0.4, 0.5) is 0 Å². The summed E-state index contributed by atoms with van der Waals surface area (Å²) >= 11 is 0. The molecule has 0 aliphatic carbocycles. The summed E-state index contributed by atoms with van der Waals surface area (Å²) in [6, 6.07) is 39.2. The van der Waals surface area contributed by atoms with Crippen molar-refractivity contribution in [1.82, 2.24) is 14.9 Å². The standard InChI is InChI=1S/C48H55N3O6S/c1-35-15-25-44(26-16-35)58(54,55)50-45(30-36-11-6-5-7-12-36)47(53)49-32-38-13-10-14-42(29-38)39-21-23-41(24-22-39)48-56-43(33-51-27-8-3-2-4-9-28-51)31-46(57-48)40-19-17-37(34-52)18-20-40/h5-7,10-26,29,43,45-46,48,50,52H,2-4,8-9,27-28,30-34H2,1H3,(H,49,53)/t43-,45+,46+,48+/m0/s1. The quantitative estimate of drug-likeness (QED) is 0.104. The maximum atomic E-state index is 13.7. The monoisotopic (exact) mass is 801 g/mol. The molecule has 0 bridgehead atoms. The Morgan fingerprint density at radius 1 is 0.741 bits per heavy atom. The number of rotatable bonds is 14. The van der Waals surface area contributed by atoms with Crippen molar-refractivity contribution in [2.24, 2.45) is 0 Å². The maximum Gasteiger partial charge on any atom is 0.241 e. The van der Waals surface area contributed by atoms with Crippen molar-refractivity contribution in [3.8, 4) is 11.1 Å². The Morgan fingerprint density at radius 2 is 1.41 bits per heavy atom. The van der Waals surface area contributed by atoms with E-state index in [1.807, 2.05) is 73.7 Å². The molecular weight excluding hydrogens is 747 g/mol. The number of nitrogens with zero attached hydrogens (tertiary/aromatic N) is 1. The number of likely N-dealkylation sites (tertiary alicyclic amines) is 1. The molecule has 5 aromatic rings. The second-order valence-corrected chi connectivity index (χ2v) is 17.3. The van der Waals surface area contributed by atoms with E-state index < -0.39 is 28.3 Å². The Balaban J connectivity index is 1.03. The first kappa shape index (κ1) is 41.5. The number of aliphatic hydroxyl groups is 1. The van der Waals surface area contributed by atoms with Crippen molar-refractivity contribution in [2.45, 2.75) is 94.5 Å². The summed E-state index contributed by atoms with van der Waals surface area (Å²) in [4.78, 5) is 16.3. The van der Waals surface area contributed by atoms with Gasteiger partial charge in [-0.1, -0.05) is 134 Å². The van der Waals surface area contributed by atoms with Crippen LogP contribution in [0.1, 0.15) is 84.3 Å². The molecule has 1 amide bonds. The lowest BCUT2D eigenvalue weighted by Crippen LogP contribution is -2.47. The highest BCUT2D eigenvalue weighted by Gasteiger charge is 2.33. The predicted molar refractivity (Wildman–Crippen MR) is 227 cm³/mol. The number of aliphatic hydroxyl groups excluding tert-OH is 1. The first-order valence-corrected chi connectivity index (χ1v) is 22.0. The first-order chi connectivity index (χ1) is 28.2. The van der Waals surface area contributed by atoms with Crippen LogP contribution >= 0.6 is 0 Å². The van der Waals surface area contributed by atoms with Crippen LogP contribution in [0.25, 0.3) is 11.1 Å². The van der Waals surface area contributed by atoms with Crippen LogP contribution in [0, 0.1) is 6.92 Å². The number of benzene rings is 5. The molecule has 7 rings (SSSR count). The minimum Gasteiger partial charge on any atom is -0.392 e. The number of carbonyl (C=O) groups is 1. The molecule has 0 saturated carbocycles. The number of nitrogens with one attached hydrogen (secondary N) is 2. The number of hydrogen-bond acceptors (Lipinski definition) is 7. The van der Waals surface area contributed by atoms with Crippen molar-refractivity contribution in [2.75, 3.05) is 19.6 Å². The van der Waals surface area contributed by atoms with Gasteiger partial charge in [0.25, 0.3) is 0 Å². The molecule has 58 heavy (non-hydrogen) atoms. The zero-order chi connectivity index (χ0) is 40.3. The Hall–Kier alpha value is -4.68. The lowest BCUT2D eigenvalue weighted by atomic mass is 9.98. The van der Waals surface area contributed by atoms with Gasteiger partial charge in [-0.05, 0) is 90.9 Å². The van der Waals surface area contributed by atoms with Gasteiger partial charge in [0.2, 0.25) is 15.9 Å². The summed E-state index contributed by atoms with van der Waals surface area (Å²) in [5.74, 6) is -0.408. The van der Waals surface area contributed by atoms with Crippen molar-refractivity contribution in [1.29, 1.82) is 0 Å². The topological polar surface area (TPSA) is 117 Å². The zero-order valence-corrected chi connectivity index (χ0v) is 34.1. The largest absolute Gasteiger partial charge is 0.392 e. The lowest BCUT2D eigenvalue weighted by Gasteiger charge is -2.38. The fourth-order valence-electron chi connectivity index (χ4n) is 7.83. The molecule has 0 spiro atoms. The molecule has 2 aliphatic rings. The van der Waals surface area contributed by atoms with E-state index in [1.165, 1.54) is 32.1 Å². The van der Waals surface area contributed by atoms with Crippen molar-refractivity contribution >= 4 is 15.9 Å². The average molecular weight is 802 g/mol. The van der Waals surface area contributed by atoms with E-state index >= 15 is 0 Å². The van der Waals surface area contributed by atoms with E-state index in [0.717, 1.165) is 70.6 Å². The second kappa shape index (κ2) is 19.8. The fourth-order valence-corrected chi connectivity index (χ4v) is 9.03. The van der Waals surface area contributed by atoms with Crippen LogP contribution in [-0.4, -0.2) is 56.1 Å². The van der Waals surface area contributed by atoms with E-state index in [2.05, 4.69) is 51.3 Å². The maximum absolute atomic E-state index is 13.7. The Labute approximate surface area is 343 Å². The van der Waals surface area contributed by atoms with Gasteiger partial charge >= 0.3 is 0 Å². The highest BCUT2D eigenvalue weighted by atomic mass is 32.2. The van der Waals surface area contributed by atoms with Gasteiger partial charge in [0.15, 0.2) is 6.29 Å². The zero-order valence-electron chi connectivity index (χ0n) is 33.3. The number of amides is 1. The van der Waals surface area contributed by atoms with Gasteiger partial charge in [0.1, 0.15) is 6.04 Å². The van der Waals surface area contributed by atoms with Crippen LogP contribution < -0.4 is 10.0 Å². The molecule has 2 saturated heterocycles. The summed E-state index contributed by atoms with van der Waals surface area (Å²) in [6.45, 7) is 5.20. The molecular formula is C48H55N3O6S. The minimum absolute atomic E-state index is 0.00707. The molecule has 0 aromatic heterocycles. The van der Waals surface area contributed by atoms with Gasteiger partial charge in [-0.3, -0.25) is 4.79 Å². The van der Waals surface area contributed by atoms with E-state index in [-0.39, 0.29) is 36.7 Å². The summed E-state index contributed by atoms with van der Waals surface area (Å²) in [6.07, 6.45) is 6.64. The van der Waals surface area contributed by atoms with Crippen LogP contribution in [0.15, 0.2) is 132 Å². The molecule has 5 aromatic carbocycles. The average Bonchev–Trinajstić information content (AvgIpc) is 3.24. The number of ether oxygens (including phenoxy) is 2. The predicted octanol–water partition coefficient (Wildman–Crippen LogP) is 8.17. The fraction of sp³-hybridized carbons (Fsp3) is 0.354. The van der Waals surface area contributed by atoms with E-state index in [1.54, 1.807) is 24.3 Å². The molecule has 4 atom stereocenters. The van der Waals surface area contributed by atoms with Gasteiger partial charge < -0.3 is 24.8 Å². The minimum atomic E-state index is -3.95. The normalized spacial score (nSPS) is 19.8. The number of sulfonamides is 1. The Kier molecular flexibility index (Phi) is 14.2. The van der Waals surface area contributed by atoms with Crippen LogP contribution in [-0.2, 0) is 43.9 Å². The molecule has 10 heteroatoms. The van der Waals surface area contributed by atoms with Gasteiger partial charge in [0.05, 0.1) is 23.7 Å². The third-order valence-corrected chi connectivity index (χ3v) is 12.7. The lowest BCUT2D eigenvalue weighted by molar-refractivity contribution is -0.253. The molecule has 2 heterocycles. The molecule has 2 aliphatic heterocycles. The Morgan fingerprint density at radius 3 is 2.12 bits per heavy atom. The Bertz CT molecular complexity index is 2170. The highest BCUT2D eigenvalue weighted by molar-refractivity contribution is 7.89. The molecule has 2 fully saturated rings. The second-order valence-electron chi connectivity index (χ2n) is 15.6. The van der Waals surface area contributed by atoms with Crippen molar-refractivity contribution in [3.63, 3.8) is 0 Å². The summed E-state index contributed by atoms with van der Waals surface area (Å²) < 4.78 is 42.7. The van der Waals surface area contributed by atoms with Gasteiger partial charge in [0, 0.05) is 25.1 Å². The van der Waals surface area contributed by atoms with E-state index in [0.29, 0.717) is 0 Å².